The number of hydrogen-bond acceptors (Lipinski definition) is 7. The molecular weight excluding hydrogens is 474 g/mol. The molecule has 4 aromatic rings. The van der Waals surface area contributed by atoms with Crippen molar-refractivity contribution < 1.29 is 13.2 Å². The fraction of sp³-hybridized carbons (Fsp3) is 0.208. The second-order valence-electron chi connectivity index (χ2n) is 8.13. The minimum atomic E-state index is -3.50. The van der Waals surface area contributed by atoms with Crippen molar-refractivity contribution in [1.82, 2.24) is 25.3 Å². The highest BCUT2D eigenvalue weighted by molar-refractivity contribution is 7.92. The molecule has 0 saturated heterocycles. The standard InChI is InChI=1S/C24H20ClN5O3S/c1-14(28-24(31)15-11-16(25)13-18(12-15)34(32,33)17-7-8-17)21-22(23-26-9-4-10-27-23)30-20-6-3-2-5-19(20)29-21/h2-6,9-14,17H,7-8H2,1H3,(H,28,31). The van der Waals surface area contributed by atoms with E-state index in [2.05, 4.69) is 15.3 Å². The maximum absolute atomic E-state index is 13.1. The lowest BCUT2D eigenvalue weighted by atomic mass is 10.1. The van der Waals surface area contributed by atoms with Crippen LogP contribution in [-0.4, -0.2) is 39.5 Å². The number of sulfone groups is 1. The Hall–Kier alpha value is -3.43. The van der Waals surface area contributed by atoms with Gasteiger partial charge in [-0.25, -0.2) is 28.4 Å². The zero-order valence-corrected chi connectivity index (χ0v) is 19.7. The summed E-state index contributed by atoms with van der Waals surface area (Å²) in [4.78, 5) is 31.2. The summed E-state index contributed by atoms with van der Waals surface area (Å²) in [5, 5.41) is 2.67. The predicted octanol–water partition coefficient (Wildman–Crippen LogP) is 4.17. The van der Waals surface area contributed by atoms with E-state index in [4.69, 9.17) is 21.6 Å². The molecule has 0 bridgehead atoms. The van der Waals surface area contributed by atoms with Crippen molar-refractivity contribution in [2.75, 3.05) is 0 Å². The normalized spacial score (nSPS) is 14.6. The number of fused-ring (bicyclic) bond motifs is 1. The second kappa shape index (κ2) is 8.73. The summed E-state index contributed by atoms with van der Waals surface area (Å²) in [6.07, 6.45) is 4.47. The van der Waals surface area contributed by atoms with Crippen LogP contribution in [0.25, 0.3) is 22.6 Å². The van der Waals surface area contributed by atoms with E-state index < -0.39 is 27.0 Å². The Kier molecular flexibility index (Phi) is 5.75. The van der Waals surface area contributed by atoms with Gasteiger partial charge in [0, 0.05) is 23.0 Å². The molecule has 1 atom stereocenters. The molecule has 172 valence electrons. The third-order valence-electron chi connectivity index (χ3n) is 5.56. The molecule has 8 nitrogen and oxygen atoms in total. The van der Waals surface area contributed by atoms with Gasteiger partial charge in [0.25, 0.3) is 5.91 Å². The molecule has 0 spiro atoms. The fourth-order valence-electron chi connectivity index (χ4n) is 3.68. The van der Waals surface area contributed by atoms with Crippen LogP contribution in [0, 0.1) is 0 Å². The first-order chi connectivity index (χ1) is 16.3. The summed E-state index contributed by atoms with van der Waals surface area (Å²) in [5.74, 6) is -0.0884. The number of carbonyl (C=O) groups is 1. The van der Waals surface area contributed by atoms with Gasteiger partial charge >= 0.3 is 0 Å². The van der Waals surface area contributed by atoms with Crippen molar-refractivity contribution in [3.8, 4) is 11.5 Å². The van der Waals surface area contributed by atoms with Gasteiger partial charge in [-0.15, -0.1) is 0 Å². The quantitative estimate of drug-likeness (QED) is 0.428. The van der Waals surface area contributed by atoms with Crippen molar-refractivity contribution >= 4 is 38.4 Å². The Bertz CT molecular complexity index is 1510. The van der Waals surface area contributed by atoms with E-state index in [1.807, 2.05) is 24.3 Å². The summed E-state index contributed by atoms with van der Waals surface area (Å²) in [7, 11) is -3.50. The van der Waals surface area contributed by atoms with Crippen molar-refractivity contribution in [3.05, 3.63) is 77.2 Å². The minimum absolute atomic E-state index is 0.0594. The van der Waals surface area contributed by atoms with E-state index in [9.17, 15) is 13.2 Å². The lowest BCUT2D eigenvalue weighted by molar-refractivity contribution is 0.0939. The van der Waals surface area contributed by atoms with Crippen LogP contribution in [0.2, 0.25) is 5.02 Å². The van der Waals surface area contributed by atoms with Crippen LogP contribution >= 0.6 is 11.6 Å². The van der Waals surface area contributed by atoms with Gasteiger partial charge in [0.05, 0.1) is 32.9 Å². The molecule has 10 heteroatoms. The third kappa shape index (κ3) is 4.36. The van der Waals surface area contributed by atoms with Gasteiger partial charge in [-0.05, 0) is 56.2 Å². The Morgan fingerprint density at radius 1 is 1.03 bits per heavy atom. The zero-order chi connectivity index (χ0) is 23.9. The number of benzene rings is 2. The SMILES string of the molecule is CC(NC(=O)c1cc(Cl)cc(S(=O)(=O)C2CC2)c1)c1nc2ccccc2nc1-c1ncccn1. The number of rotatable bonds is 6. The molecule has 0 aliphatic heterocycles. The van der Waals surface area contributed by atoms with Gasteiger partial charge in [-0.3, -0.25) is 4.79 Å². The lowest BCUT2D eigenvalue weighted by Gasteiger charge is -2.17. The van der Waals surface area contributed by atoms with Gasteiger partial charge in [0.15, 0.2) is 15.7 Å². The number of halogens is 1. The van der Waals surface area contributed by atoms with E-state index in [0.29, 0.717) is 41.1 Å². The Balaban J connectivity index is 1.50. The van der Waals surface area contributed by atoms with Crippen LogP contribution in [0.5, 0.6) is 0 Å². The van der Waals surface area contributed by atoms with Gasteiger partial charge in [-0.1, -0.05) is 23.7 Å². The molecule has 1 saturated carbocycles. The van der Waals surface area contributed by atoms with Gasteiger partial charge in [0.2, 0.25) is 0 Å². The topological polar surface area (TPSA) is 115 Å². The summed E-state index contributed by atoms with van der Waals surface area (Å²) in [5.41, 5.74) is 2.45. The molecule has 1 unspecified atom stereocenters. The lowest BCUT2D eigenvalue weighted by Crippen LogP contribution is -2.28. The molecular formula is C24H20ClN5O3S. The summed E-state index contributed by atoms with van der Waals surface area (Å²) in [6, 6.07) is 12.7. The largest absolute Gasteiger partial charge is 0.344 e. The van der Waals surface area contributed by atoms with E-state index in [-0.39, 0.29) is 15.5 Å². The highest BCUT2D eigenvalue weighted by atomic mass is 35.5. The molecule has 1 aliphatic rings. The molecule has 1 amide bonds. The van der Waals surface area contributed by atoms with E-state index in [1.165, 1.54) is 18.2 Å². The number of carbonyl (C=O) groups excluding carboxylic acids is 1. The van der Waals surface area contributed by atoms with Gasteiger partial charge in [0.1, 0.15) is 5.69 Å². The number of aromatic nitrogens is 4. The predicted molar refractivity (Wildman–Crippen MR) is 128 cm³/mol. The maximum atomic E-state index is 13.1. The van der Waals surface area contributed by atoms with Gasteiger partial charge in [-0.2, -0.15) is 0 Å². The van der Waals surface area contributed by atoms with E-state index in [0.717, 1.165) is 0 Å². The van der Waals surface area contributed by atoms with Crippen LogP contribution < -0.4 is 5.32 Å². The smallest absolute Gasteiger partial charge is 0.251 e. The van der Waals surface area contributed by atoms with Crippen LogP contribution in [0.15, 0.2) is 65.8 Å². The molecule has 1 fully saturated rings. The number of nitrogens with zero attached hydrogens (tertiary/aromatic N) is 4. The van der Waals surface area contributed by atoms with Crippen molar-refractivity contribution in [2.45, 2.75) is 36.0 Å². The Morgan fingerprint density at radius 2 is 1.71 bits per heavy atom. The van der Waals surface area contributed by atoms with Crippen LogP contribution in [0.4, 0.5) is 0 Å². The Morgan fingerprint density at radius 3 is 2.38 bits per heavy atom. The molecule has 2 aromatic carbocycles. The number of hydrogen-bond donors (Lipinski definition) is 1. The monoisotopic (exact) mass is 493 g/mol. The summed E-state index contributed by atoms with van der Waals surface area (Å²) in [6.45, 7) is 1.77. The average Bonchev–Trinajstić information content (AvgIpc) is 3.69. The average molecular weight is 494 g/mol. The minimum Gasteiger partial charge on any atom is -0.344 e. The molecule has 2 aromatic heterocycles. The van der Waals surface area contributed by atoms with Crippen LogP contribution in [0.3, 0.4) is 0 Å². The first-order valence-electron chi connectivity index (χ1n) is 10.7. The molecule has 1 N–H and O–H groups in total. The highest BCUT2D eigenvalue weighted by Crippen LogP contribution is 2.35. The second-order valence-corrected chi connectivity index (χ2v) is 10.8. The first-order valence-corrected chi connectivity index (χ1v) is 12.6. The molecule has 34 heavy (non-hydrogen) atoms. The first kappa shape index (κ1) is 22.4. The zero-order valence-electron chi connectivity index (χ0n) is 18.1. The van der Waals surface area contributed by atoms with Gasteiger partial charge < -0.3 is 5.32 Å². The number of para-hydroxylation sites is 2. The maximum Gasteiger partial charge on any atom is 0.251 e. The molecule has 1 aliphatic carbocycles. The van der Waals surface area contributed by atoms with Crippen molar-refractivity contribution in [2.24, 2.45) is 0 Å². The van der Waals surface area contributed by atoms with Crippen molar-refractivity contribution in [3.63, 3.8) is 0 Å². The molecule has 0 radical (unpaired) electrons. The number of nitrogens with one attached hydrogen (secondary N) is 1. The third-order valence-corrected chi connectivity index (χ3v) is 8.02. The van der Waals surface area contributed by atoms with Crippen LogP contribution in [-0.2, 0) is 9.84 Å². The summed E-state index contributed by atoms with van der Waals surface area (Å²) < 4.78 is 25.3. The fourth-order valence-corrected chi connectivity index (χ4v) is 5.70. The van der Waals surface area contributed by atoms with E-state index in [1.54, 1.807) is 25.4 Å². The van der Waals surface area contributed by atoms with Crippen LogP contribution in [0.1, 0.15) is 41.9 Å². The summed E-state index contributed by atoms with van der Waals surface area (Å²) >= 11 is 6.17. The molecule has 5 rings (SSSR count). The number of amides is 1. The van der Waals surface area contributed by atoms with E-state index >= 15 is 0 Å². The highest BCUT2D eigenvalue weighted by Gasteiger charge is 2.37. The van der Waals surface area contributed by atoms with Crippen molar-refractivity contribution in [1.29, 1.82) is 0 Å². The molecule has 2 heterocycles. The Labute approximate surface area is 201 Å².